The summed E-state index contributed by atoms with van der Waals surface area (Å²) in [6.45, 7) is 5.32. The molecule has 1 saturated heterocycles. The van der Waals surface area contributed by atoms with Gasteiger partial charge in [-0.05, 0) is 57.6 Å². The summed E-state index contributed by atoms with van der Waals surface area (Å²) in [5.41, 5.74) is 0.647. The Labute approximate surface area is 256 Å². The molecule has 3 rings (SSSR count). The Kier molecular flexibility index (Phi) is 12.3. The van der Waals surface area contributed by atoms with Gasteiger partial charge in [0.2, 0.25) is 5.91 Å². The molecule has 1 aliphatic rings. The number of ether oxygens (including phenoxy) is 2. The van der Waals surface area contributed by atoms with Crippen LogP contribution in [0.2, 0.25) is 0 Å². The van der Waals surface area contributed by atoms with Crippen LogP contribution >= 0.6 is 0 Å². The number of hydrogen-bond acceptors (Lipinski definition) is 8. The van der Waals surface area contributed by atoms with Crippen molar-refractivity contribution in [3.63, 3.8) is 0 Å². The van der Waals surface area contributed by atoms with Crippen LogP contribution < -0.4 is 10.6 Å². The van der Waals surface area contributed by atoms with E-state index in [1.165, 1.54) is 4.90 Å². The molecule has 0 radical (unpaired) electrons. The van der Waals surface area contributed by atoms with Crippen LogP contribution in [0.1, 0.15) is 57.6 Å². The number of carbonyl (C=O) groups is 5. The van der Waals surface area contributed by atoms with Gasteiger partial charge in [0.25, 0.3) is 5.91 Å². The molecule has 0 aliphatic carbocycles. The predicted octanol–water partition coefficient (Wildman–Crippen LogP) is 2.57. The topological polar surface area (TPSA) is 172 Å². The van der Waals surface area contributed by atoms with Crippen LogP contribution in [0.25, 0.3) is 0 Å². The SMILES string of the molecule is CC(C)(C)OC(=O)[C@@H]1CCCN1C(=O)[C@@H](O)[C@H](Cc1ccccc1)NC(=O)[C@H](CCC(=O)O)NC(=O)OCc1ccccc1. The number of carboxylic acids is 1. The van der Waals surface area contributed by atoms with Gasteiger partial charge in [-0.3, -0.25) is 14.4 Å². The lowest BCUT2D eigenvalue weighted by Crippen LogP contribution is -2.58. The number of aliphatic hydroxyl groups excluding tert-OH is 1. The van der Waals surface area contributed by atoms with E-state index in [2.05, 4.69) is 10.6 Å². The monoisotopic (exact) mass is 611 g/mol. The Morgan fingerprint density at radius 3 is 2.16 bits per heavy atom. The standard InChI is InChI=1S/C32H41N3O9/c1-32(2,3)44-30(41)25-15-10-18-35(25)29(40)27(38)24(19-21-11-6-4-7-12-21)33-28(39)23(16-17-26(36)37)34-31(42)43-20-22-13-8-5-9-14-22/h4-9,11-14,23-25,27,38H,10,15-20H2,1-3H3,(H,33,39)(H,34,42)(H,36,37)/t23-,24-,25-,27-/m0/s1. The third-order valence-electron chi connectivity index (χ3n) is 6.94. The summed E-state index contributed by atoms with van der Waals surface area (Å²) in [5.74, 6) is -3.32. The minimum absolute atomic E-state index is 0.0362. The highest BCUT2D eigenvalue weighted by molar-refractivity contribution is 5.90. The summed E-state index contributed by atoms with van der Waals surface area (Å²) in [7, 11) is 0. The van der Waals surface area contributed by atoms with Gasteiger partial charge in [-0.15, -0.1) is 0 Å². The van der Waals surface area contributed by atoms with Crippen LogP contribution in [0.15, 0.2) is 60.7 Å². The Balaban J connectivity index is 1.77. The minimum atomic E-state index is -1.76. The zero-order valence-electron chi connectivity index (χ0n) is 25.2. The van der Waals surface area contributed by atoms with Crippen LogP contribution in [0.5, 0.6) is 0 Å². The number of carbonyl (C=O) groups excluding carboxylic acids is 4. The Hall–Kier alpha value is -4.45. The highest BCUT2D eigenvalue weighted by Gasteiger charge is 2.41. The molecule has 2 aromatic rings. The van der Waals surface area contributed by atoms with Crippen molar-refractivity contribution in [2.24, 2.45) is 0 Å². The molecule has 4 N–H and O–H groups in total. The molecule has 12 heteroatoms. The van der Waals surface area contributed by atoms with E-state index in [1.54, 1.807) is 75.4 Å². The zero-order valence-corrected chi connectivity index (χ0v) is 25.2. The van der Waals surface area contributed by atoms with E-state index in [0.29, 0.717) is 24.0 Å². The number of aliphatic carboxylic acids is 1. The predicted molar refractivity (Wildman–Crippen MR) is 159 cm³/mol. The van der Waals surface area contributed by atoms with Gasteiger partial charge in [-0.2, -0.15) is 0 Å². The molecule has 1 fully saturated rings. The molecule has 0 bridgehead atoms. The van der Waals surface area contributed by atoms with Crippen molar-refractivity contribution in [3.8, 4) is 0 Å². The fourth-order valence-electron chi connectivity index (χ4n) is 4.82. The van der Waals surface area contributed by atoms with Gasteiger partial charge >= 0.3 is 18.0 Å². The summed E-state index contributed by atoms with van der Waals surface area (Å²) in [6, 6.07) is 14.3. The van der Waals surface area contributed by atoms with E-state index < -0.39 is 66.1 Å². The zero-order chi connectivity index (χ0) is 32.3. The van der Waals surface area contributed by atoms with Crippen molar-refractivity contribution in [2.75, 3.05) is 6.54 Å². The Bertz CT molecular complexity index is 1280. The second-order valence-electron chi connectivity index (χ2n) is 11.7. The van der Waals surface area contributed by atoms with E-state index in [0.717, 1.165) is 0 Å². The largest absolute Gasteiger partial charge is 0.481 e. The second-order valence-corrected chi connectivity index (χ2v) is 11.7. The molecule has 4 atom stereocenters. The Morgan fingerprint density at radius 1 is 0.955 bits per heavy atom. The van der Waals surface area contributed by atoms with E-state index in [9.17, 15) is 34.2 Å². The number of rotatable bonds is 13. The molecule has 12 nitrogen and oxygen atoms in total. The lowest BCUT2D eigenvalue weighted by atomic mass is 9.99. The lowest BCUT2D eigenvalue weighted by molar-refractivity contribution is -0.165. The maximum atomic E-state index is 13.6. The number of hydrogen-bond donors (Lipinski definition) is 4. The van der Waals surface area contributed by atoms with Gasteiger partial charge in [-0.25, -0.2) is 9.59 Å². The van der Waals surface area contributed by atoms with Crippen LogP contribution in [0.4, 0.5) is 4.79 Å². The van der Waals surface area contributed by atoms with Crippen molar-refractivity contribution >= 4 is 29.8 Å². The fraction of sp³-hybridized carbons (Fsp3) is 0.469. The third kappa shape index (κ3) is 10.7. The molecule has 0 spiro atoms. The molecule has 1 heterocycles. The van der Waals surface area contributed by atoms with Gasteiger partial charge < -0.3 is 35.2 Å². The molecule has 2 aromatic carbocycles. The fourth-order valence-corrected chi connectivity index (χ4v) is 4.82. The maximum absolute atomic E-state index is 13.6. The first kappa shape index (κ1) is 34.0. The number of esters is 1. The van der Waals surface area contributed by atoms with Gasteiger partial charge in [-0.1, -0.05) is 60.7 Å². The van der Waals surface area contributed by atoms with Gasteiger partial charge in [0.1, 0.15) is 24.3 Å². The summed E-state index contributed by atoms with van der Waals surface area (Å²) in [6.07, 6.45) is -2.46. The summed E-state index contributed by atoms with van der Waals surface area (Å²) in [5, 5.41) is 25.6. The number of carboxylic acid groups (broad SMARTS) is 1. The number of nitrogens with one attached hydrogen (secondary N) is 2. The van der Waals surface area contributed by atoms with Crippen LogP contribution in [0, 0.1) is 0 Å². The van der Waals surface area contributed by atoms with Crippen molar-refractivity contribution < 1.29 is 43.7 Å². The molecule has 1 aliphatic heterocycles. The van der Waals surface area contributed by atoms with Crippen molar-refractivity contribution in [2.45, 2.75) is 89.3 Å². The number of benzene rings is 2. The molecule has 238 valence electrons. The van der Waals surface area contributed by atoms with E-state index in [1.807, 2.05) is 6.07 Å². The summed E-state index contributed by atoms with van der Waals surface area (Å²) < 4.78 is 10.7. The lowest BCUT2D eigenvalue weighted by Gasteiger charge is -2.32. The van der Waals surface area contributed by atoms with Gasteiger partial charge in [0.05, 0.1) is 6.04 Å². The molecular weight excluding hydrogens is 570 g/mol. The molecule has 0 unspecified atom stereocenters. The average molecular weight is 612 g/mol. The summed E-state index contributed by atoms with van der Waals surface area (Å²) >= 11 is 0. The first-order valence-corrected chi connectivity index (χ1v) is 14.6. The second kappa shape index (κ2) is 15.9. The van der Waals surface area contributed by atoms with Crippen molar-refractivity contribution in [1.82, 2.24) is 15.5 Å². The van der Waals surface area contributed by atoms with E-state index in [-0.39, 0.29) is 26.0 Å². The van der Waals surface area contributed by atoms with Crippen molar-refractivity contribution in [3.05, 3.63) is 71.8 Å². The third-order valence-corrected chi connectivity index (χ3v) is 6.94. The van der Waals surface area contributed by atoms with E-state index >= 15 is 0 Å². The van der Waals surface area contributed by atoms with Crippen LogP contribution in [-0.2, 0) is 41.7 Å². The normalized spacial score (nSPS) is 16.7. The molecule has 44 heavy (non-hydrogen) atoms. The van der Waals surface area contributed by atoms with Gasteiger partial charge in [0, 0.05) is 13.0 Å². The smallest absolute Gasteiger partial charge is 0.408 e. The van der Waals surface area contributed by atoms with Gasteiger partial charge in [0.15, 0.2) is 6.10 Å². The van der Waals surface area contributed by atoms with E-state index in [4.69, 9.17) is 9.47 Å². The Morgan fingerprint density at radius 2 is 1.57 bits per heavy atom. The average Bonchev–Trinajstić information content (AvgIpc) is 3.47. The minimum Gasteiger partial charge on any atom is -0.481 e. The number of aliphatic hydroxyl groups is 1. The van der Waals surface area contributed by atoms with Crippen molar-refractivity contribution in [1.29, 1.82) is 0 Å². The molecular formula is C32H41N3O9. The number of nitrogens with zero attached hydrogens (tertiary/aromatic N) is 1. The van der Waals surface area contributed by atoms with Crippen LogP contribution in [-0.4, -0.2) is 81.3 Å². The highest BCUT2D eigenvalue weighted by Crippen LogP contribution is 2.23. The first-order valence-electron chi connectivity index (χ1n) is 14.6. The number of amides is 3. The highest BCUT2D eigenvalue weighted by atomic mass is 16.6. The van der Waals surface area contributed by atoms with Crippen LogP contribution in [0.3, 0.4) is 0 Å². The summed E-state index contributed by atoms with van der Waals surface area (Å²) in [4.78, 5) is 65.0. The number of alkyl carbamates (subject to hydrolysis) is 1. The molecule has 0 aromatic heterocycles. The first-order chi connectivity index (χ1) is 20.8. The maximum Gasteiger partial charge on any atom is 0.408 e. The number of likely N-dealkylation sites (tertiary alicyclic amines) is 1. The molecule has 3 amide bonds. The quantitative estimate of drug-likeness (QED) is 0.249. The molecule has 0 saturated carbocycles.